The average molecular weight is 269 g/mol. The molecule has 6 heteroatoms. The first-order valence-corrected chi connectivity index (χ1v) is 7.04. The molecule has 0 aromatic heterocycles. The molecule has 0 radical (unpaired) electrons. The molecule has 1 heterocycles. The van der Waals surface area contributed by atoms with Crippen molar-refractivity contribution in [1.82, 2.24) is 15.1 Å². The van der Waals surface area contributed by atoms with Crippen LogP contribution in [-0.4, -0.2) is 66.2 Å². The van der Waals surface area contributed by atoms with E-state index in [1.54, 1.807) is 11.9 Å². The second kappa shape index (κ2) is 6.23. The fourth-order valence-corrected chi connectivity index (χ4v) is 2.45. The number of carbonyl (C=O) groups excluding carboxylic acids is 1. The summed E-state index contributed by atoms with van der Waals surface area (Å²) >= 11 is 0. The van der Waals surface area contributed by atoms with Crippen LogP contribution in [0.4, 0.5) is 4.79 Å². The SMILES string of the molecule is CN(CCN1CCCC1)C(=O)NC(C(=O)O)C1CC1. The van der Waals surface area contributed by atoms with E-state index in [0.29, 0.717) is 6.54 Å². The minimum absolute atomic E-state index is 0.119. The smallest absolute Gasteiger partial charge is 0.326 e. The van der Waals surface area contributed by atoms with Crippen LogP contribution in [0.5, 0.6) is 0 Å². The van der Waals surface area contributed by atoms with Gasteiger partial charge in [-0.25, -0.2) is 9.59 Å². The Hall–Kier alpha value is -1.30. The Bertz CT molecular complexity index is 338. The van der Waals surface area contributed by atoms with E-state index in [0.717, 1.165) is 32.5 Å². The predicted molar refractivity (Wildman–Crippen MR) is 71.0 cm³/mol. The highest BCUT2D eigenvalue weighted by Gasteiger charge is 2.37. The molecule has 0 spiro atoms. The first-order chi connectivity index (χ1) is 9.08. The van der Waals surface area contributed by atoms with Gasteiger partial charge < -0.3 is 20.2 Å². The second-order valence-electron chi connectivity index (χ2n) is 5.57. The van der Waals surface area contributed by atoms with Crippen molar-refractivity contribution >= 4 is 12.0 Å². The molecule has 0 aromatic rings. The molecule has 1 atom stereocenters. The molecule has 108 valence electrons. The van der Waals surface area contributed by atoms with Crippen molar-refractivity contribution < 1.29 is 14.7 Å². The molecule has 19 heavy (non-hydrogen) atoms. The van der Waals surface area contributed by atoms with Gasteiger partial charge in [-0.15, -0.1) is 0 Å². The quantitative estimate of drug-likeness (QED) is 0.740. The van der Waals surface area contributed by atoms with Crippen molar-refractivity contribution in [3.8, 4) is 0 Å². The zero-order valence-electron chi connectivity index (χ0n) is 11.5. The molecule has 1 saturated heterocycles. The van der Waals surface area contributed by atoms with Gasteiger partial charge in [-0.2, -0.15) is 0 Å². The highest BCUT2D eigenvalue weighted by Crippen LogP contribution is 2.32. The molecule has 1 aliphatic carbocycles. The first kappa shape index (κ1) is 14.1. The van der Waals surface area contributed by atoms with E-state index < -0.39 is 12.0 Å². The van der Waals surface area contributed by atoms with Crippen LogP contribution in [0.2, 0.25) is 0 Å². The highest BCUT2D eigenvalue weighted by molar-refractivity contribution is 5.83. The van der Waals surface area contributed by atoms with Gasteiger partial charge in [0.25, 0.3) is 0 Å². The zero-order chi connectivity index (χ0) is 13.8. The van der Waals surface area contributed by atoms with E-state index in [-0.39, 0.29) is 11.9 Å². The van der Waals surface area contributed by atoms with Gasteiger partial charge >= 0.3 is 12.0 Å². The lowest BCUT2D eigenvalue weighted by Gasteiger charge is -2.23. The van der Waals surface area contributed by atoms with Crippen molar-refractivity contribution in [2.24, 2.45) is 5.92 Å². The molecule has 1 aliphatic heterocycles. The molecule has 2 aliphatic rings. The number of amides is 2. The molecule has 0 bridgehead atoms. The third-order valence-corrected chi connectivity index (χ3v) is 3.94. The van der Waals surface area contributed by atoms with Crippen molar-refractivity contribution in [2.45, 2.75) is 31.7 Å². The summed E-state index contributed by atoms with van der Waals surface area (Å²) in [7, 11) is 1.72. The number of hydrogen-bond donors (Lipinski definition) is 2. The van der Waals surface area contributed by atoms with Crippen LogP contribution in [0.15, 0.2) is 0 Å². The molecule has 1 saturated carbocycles. The Morgan fingerprint density at radius 3 is 2.53 bits per heavy atom. The Morgan fingerprint density at radius 1 is 1.37 bits per heavy atom. The Morgan fingerprint density at radius 2 is 2.00 bits per heavy atom. The van der Waals surface area contributed by atoms with E-state index in [1.165, 1.54) is 12.8 Å². The van der Waals surface area contributed by atoms with Crippen LogP contribution in [-0.2, 0) is 4.79 Å². The number of nitrogens with one attached hydrogen (secondary N) is 1. The highest BCUT2D eigenvalue weighted by atomic mass is 16.4. The lowest BCUT2D eigenvalue weighted by molar-refractivity contribution is -0.139. The van der Waals surface area contributed by atoms with Crippen LogP contribution < -0.4 is 5.32 Å². The normalized spacial score (nSPS) is 21.1. The van der Waals surface area contributed by atoms with Gasteiger partial charge in [0.1, 0.15) is 6.04 Å². The predicted octanol–water partition coefficient (Wildman–Crippen LogP) is 0.587. The standard InChI is InChI=1S/C13H23N3O3/c1-15(8-9-16-6-2-3-7-16)13(19)14-11(12(17)18)10-4-5-10/h10-11H,2-9H2,1H3,(H,14,19)(H,17,18). The molecule has 0 aromatic carbocycles. The first-order valence-electron chi connectivity index (χ1n) is 7.04. The summed E-state index contributed by atoms with van der Waals surface area (Å²) in [6.45, 7) is 3.72. The summed E-state index contributed by atoms with van der Waals surface area (Å²) in [5.41, 5.74) is 0. The van der Waals surface area contributed by atoms with Gasteiger partial charge in [0.15, 0.2) is 0 Å². The minimum Gasteiger partial charge on any atom is -0.480 e. The number of carboxylic acids is 1. The maximum atomic E-state index is 11.9. The van der Waals surface area contributed by atoms with Crippen molar-refractivity contribution in [1.29, 1.82) is 0 Å². The van der Waals surface area contributed by atoms with Crippen molar-refractivity contribution in [3.05, 3.63) is 0 Å². The lowest BCUT2D eigenvalue weighted by atomic mass is 10.2. The molecule has 6 nitrogen and oxygen atoms in total. The van der Waals surface area contributed by atoms with Gasteiger partial charge in [-0.05, 0) is 44.7 Å². The fourth-order valence-electron chi connectivity index (χ4n) is 2.45. The summed E-state index contributed by atoms with van der Waals surface area (Å²) in [6.07, 6.45) is 4.26. The summed E-state index contributed by atoms with van der Waals surface area (Å²) < 4.78 is 0. The Kier molecular flexibility index (Phi) is 4.63. The number of urea groups is 1. The van der Waals surface area contributed by atoms with Gasteiger partial charge in [0.2, 0.25) is 0 Å². The van der Waals surface area contributed by atoms with Crippen LogP contribution in [0.3, 0.4) is 0 Å². The van der Waals surface area contributed by atoms with Crippen LogP contribution in [0.1, 0.15) is 25.7 Å². The number of aliphatic carboxylic acids is 1. The summed E-state index contributed by atoms with van der Waals surface area (Å²) in [5.74, 6) is -0.808. The zero-order valence-corrected chi connectivity index (χ0v) is 11.5. The molecule has 2 fully saturated rings. The third-order valence-electron chi connectivity index (χ3n) is 3.94. The van der Waals surface area contributed by atoms with Crippen molar-refractivity contribution in [2.75, 3.05) is 33.2 Å². The maximum absolute atomic E-state index is 11.9. The number of nitrogens with zero attached hydrogens (tertiary/aromatic N) is 2. The summed E-state index contributed by atoms with van der Waals surface area (Å²) in [6, 6.07) is -1.000. The monoisotopic (exact) mass is 269 g/mol. The molecule has 2 N–H and O–H groups in total. The number of rotatable bonds is 6. The van der Waals surface area contributed by atoms with Crippen molar-refractivity contribution in [3.63, 3.8) is 0 Å². The molecule has 1 unspecified atom stereocenters. The fraction of sp³-hybridized carbons (Fsp3) is 0.846. The second-order valence-corrected chi connectivity index (χ2v) is 5.57. The van der Waals surface area contributed by atoms with E-state index in [9.17, 15) is 9.59 Å². The molecular formula is C13H23N3O3. The number of likely N-dealkylation sites (tertiary alicyclic amines) is 1. The molecular weight excluding hydrogens is 246 g/mol. The van der Waals surface area contributed by atoms with E-state index >= 15 is 0 Å². The number of likely N-dealkylation sites (N-methyl/N-ethyl adjacent to an activating group) is 1. The summed E-state index contributed by atoms with van der Waals surface area (Å²) in [4.78, 5) is 26.9. The van der Waals surface area contributed by atoms with Gasteiger partial charge in [0.05, 0.1) is 0 Å². The van der Waals surface area contributed by atoms with E-state index in [1.807, 2.05) is 0 Å². The Labute approximate surface area is 113 Å². The van der Waals surface area contributed by atoms with Crippen LogP contribution >= 0.6 is 0 Å². The largest absolute Gasteiger partial charge is 0.480 e. The van der Waals surface area contributed by atoms with Gasteiger partial charge in [-0.1, -0.05) is 0 Å². The van der Waals surface area contributed by atoms with Gasteiger partial charge in [-0.3, -0.25) is 0 Å². The molecule has 2 amide bonds. The maximum Gasteiger partial charge on any atom is 0.326 e. The van der Waals surface area contributed by atoms with Crippen LogP contribution in [0.25, 0.3) is 0 Å². The van der Waals surface area contributed by atoms with Crippen LogP contribution in [0, 0.1) is 5.92 Å². The minimum atomic E-state index is -0.927. The molecule has 2 rings (SSSR count). The van der Waals surface area contributed by atoms with E-state index in [2.05, 4.69) is 10.2 Å². The average Bonchev–Trinajstić information content (AvgIpc) is 3.08. The summed E-state index contributed by atoms with van der Waals surface area (Å²) in [5, 5.41) is 11.7. The third kappa shape index (κ3) is 4.09. The number of carbonyl (C=O) groups is 2. The van der Waals surface area contributed by atoms with Gasteiger partial charge in [0, 0.05) is 20.1 Å². The topological polar surface area (TPSA) is 72.9 Å². The lowest BCUT2D eigenvalue weighted by Crippen LogP contribution is -2.49. The Balaban J connectivity index is 1.72. The number of carboxylic acid groups (broad SMARTS) is 1. The van der Waals surface area contributed by atoms with E-state index in [4.69, 9.17) is 5.11 Å². The number of hydrogen-bond acceptors (Lipinski definition) is 3.